The van der Waals surface area contributed by atoms with Crippen LogP contribution in [-0.4, -0.2) is 31.6 Å². The molecule has 0 fully saturated rings. The minimum atomic E-state index is -0.537. The normalized spacial score (nSPS) is 10.5. The lowest BCUT2D eigenvalue weighted by Crippen LogP contribution is -2.06. The van der Waals surface area contributed by atoms with Crippen molar-refractivity contribution in [2.45, 2.75) is 13.8 Å². The van der Waals surface area contributed by atoms with Crippen LogP contribution < -0.4 is 4.74 Å². The Labute approximate surface area is 234 Å². The summed E-state index contributed by atoms with van der Waals surface area (Å²) in [5.41, 5.74) is 5.80. The number of esters is 1. The van der Waals surface area contributed by atoms with E-state index in [4.69, 9.17) is 9.47 Å². The summed E-state index contributed by atoms with van der Waals surface area (Å²) in [6, 6.07) is 35.3. The topological polar surface area (TPSA) is 72.6 Å². The first-order chi connectivity index (χ1) is 19.6. The van der Waals surface area contributed by atoms with E-state index < -0.39 is 5.97 Å². The second-order valence-corrected chi connectivity index (χ2v) is 8.64. The van der Waals surface area contributed by atoms with Crippen molar-refractivity contribution in [3.05, 3.63) is 131 Å². The summed E-state index contributed by atoms with van der Waals surface area (Å²) >= 11 is 0. The van der Waals surface area contributed by atoms with Gasteiger partial charge in [0.2, 0.25) is 0 Å². The van der Waals surface area contributed by atoms with Crippen LogP contribution in [0.15, 0.2) is 124 Å². The van der Waals surface area contributed by atoms with Gasteiger partial charge in [0.15, 0.2) is 5.70 Å². The molecular weight excluding hydrogens is 498 g/mol. The van der Waals surface area contributed by atoms with Crippen LogP contribution in [0.1, 0.15) is 29.2 Å². The molecule has 4 aromatic rings. The molecule has 40 heavy (non-hydrogen) atoms. The number of carbonyl (C=O) groups excluding carboxylic acids is 1. The highest BCUT2D eigenvalue weighted by Gasteiger charge is 2.12. The van der Waals surface area contributed by atoms with Gasteiger partial charge < -0.3 is 9.47 Å². The number of benzene rings is 4. The van der Waals surface area contributed by atoms with Crippen LogP contribution in [0.4, 0.5) is 11.4 Å². The third kappa shape index (κ3) is 7.62. The number of nitrogens with zero attached hydrogens (tertiary/aromatic N) is 3. The predicted octanol–water partition coefficient (Wildman–Crippen LogP) is 7.85. The zero-order valence-electron chi connectivity index (χ0n) is 22.7. The quantitative estimate of drug-likeness (QED) is 0.126. The number of rotatable bonds is 9. The van der Waals surface area contributed by atoms with Gasteiger partial charge in [0.1, 0.15) is 11.8 Å². The molecule has 0 saturated carbocycles. The Morgan fingerprint density at radius 2 is 1.43 bits per heavy atom. The summed E-state index contributed by atoms with van der Waals surface area (Å²) in [6.07, 6.45) is 1.69. The molecule has 6 nitrogen and oxygen atoms in total. The maximum absolute atomic E-state index is 12.9. The van der Waals surface area contributed by atoms with Gasteiger partial charge in [-0.05, 0) is 84.4 Å². The first kappa shape index (κ1) is 27.7. The number of carbonyl (C=O) groups is 1. The third-order valence-electron chi connectivity index (χ3n) is 5.88. The summed E-state index contributed by atoms with van der Waals surface area (Å²) in [5, 5.41) is 0. The van der Waals surface area contributed by atoms with Crippen LogP contribution in [0, 0.1) is 6.92 Å². The molecule has 0 heterocycles. The molecule has 0 aliphatic rings. The van der Waals surface area contributed by atoms with Crippen molar-refractivity contribution in [3.8, 4) is 5.75 Å². The monoisotopic (exact) mass is 527 g/mol. The Morgan fingerprint density at radius 1 is 0.825 bits per heavy atom. The smallest absolute Gasteiger partial charge is 0.357 e. The highest BCUT2D eigenvalue weighted by molar-refractivity contribution is 6.02. The van der Waals surface area contributed by atoms with Crippen molar-refractivity contribution in [1.82, 2.24) is 0 Å². The molecule has 0 aromatic heterocycles. The van der Waals surface area contributed by atoms with Gasteiger partial charge >= 0.3 is 5.97 Å². The van der Waals surface area contributed by atoms with Gasteiger partial charge in [-0.25, -0.2) is 4.79 Å². The molecular formula is C34H29N3O3. The Balaban J connectivity index is 1.74. The summed E-state index contributed by atoms with van der Waals surface area (Å²) in [4.78, 5) is 26.0. The van der Waals surface area contributed by atoms with E-state index in [1.807, 2.05) is 110 Å². The van der Waals surface area contributed by atoms with Crippen molar-refractivity contribution >= 4 is 40.9 Å². The summed E-state index contributed by atoms with van der Waals surface area (Å²) in [6.45, 7) is 3.94. The van der Waals surface area contributed by atoms with Gasteiger partial charge in [-0.15, -0.1) is 0 Å². The molecule has 0 unspecified atom stereocenters. The van der Waals surface area contributed by atoms with Crippen LogP contribution in [0.3, 0.4) is 0 Å². The number of aliphatic imine (C=N–C) groups is 3. The van der Waals surface area contributed by atoms with E-state index in [2.05, 4.69) is 26.9 Å². The van der Waals surface area contributed by atoms with Crippen LogP contribution in [0.25, 0.3) is 11.6 Å². The zero-order valence-corrected chi connectivity index (χ0v) is 22.7. The molecule has 4 rings (SSSR count). The minimum Gasteiger partial charge on any atom is -0.497 e. The minimum absolute atomic E-state index is 0.127. The van der Waals surface area contributed by atoms with Crippen molar-refractivity contribution < 1.29 is 14.3 Å². The first-order valence-electron chi connectivity index (χ1n) is 12.8. The van der Waals surface area contributed by atoms with Gasteiger partial charge in [0, 0.05) is 0 Å². The van der Waals surface area contributed by atoms with Crippen molar-refractivity contribution in [2.24, 2.45) is 15.0 Å². The molecule has 0 saturated heterocycles. The summed E-state index contributed by atoms with van der Waals surface area (Å²) < 4.78 is 10.5. The second kappa shape index (κ2) is 14.0. The fourth-order valence-corrected chi connectivity index (χ4v) is 3.76. The molecule has 0 bridgehead atoms. The lowest BCUT2D eigenvalue weighted by atomic mass is 9.99. The highest BCUT2D eigenvalue weighted by atomic mass is 16.5. The zero-order chi connectivity index (χ0) is 28.2. The Kier molecular flexibility index (Phi) is 9.73. The van der Waals surface area contributed by atoms with E-state index in [9.17, 15) is 4.79 Å². The van der Waals surface area contributed by atoms with Crippen molar-refractivity contribution in [1.29, 1.82) is 0 Å². The summed E-state index contributed by atoms with van der Waals surface area (Å²) in [5.74, 6) is 3.33. The molecule has 0 spiro atoms. The fourth-order valence-electron chi connectivity index (χ4n) is 3.76. The predicted molar refractivity (Wildman–Crippen MR) is 161 cm³/mol. The number of aryl methyl sites for hydroxylation is 1. The van der Waals surface area contributed by atoms with Crippen LogP contribution >= 0.6 is 0 Å². The number of ether oxygens (including phenoxy) is 2. The number of hydrogen-bond acceptors (Lipinski definition) is 6. The van der Waals surface area contributed by atoms with Gasteiger partial charge in [0.05, 0.1) is 30.7 Å². The molecule has 0 aliphatic heterocycles. The molecule has 4 aromatic carbocycles. The van der Waals surface area contributed by atoms with Crippen molar-refractivity contribution in [3.63, 3.8) is 0 Å². The summed E-state index contributed by atoms with van der Waals surface area (Å²) in [7, 11) is 1.61. The Morgan fingerprint density at radius 3 is 2.02 bits per heavy atom. The van der Waals surface area contributed by atoms with Gasteiger partial charge in [-0.1, -0.05) is 66.7 Å². The molecule has 0 atom stereocenters. The van der Waals surface area contributed by atoms with Gasteiger partial charge in [0.25, 0.3) is 0 Å². The second-order valence-electron chi connectivity index (χ2n) is 8.64. The standard InChI is InChI=1S/C34H29N3O3/c1-4-40-34(38)33(35-23-32(26-11-7-5-8-12-26)27-13-9-6-10-14-27)22-28-21-30(16-15-25(28)2)37-24-36-29-17-19-31(39-3)20-18-29/h5-22H,4H2,1-3H3/b33-22-. The first-order valence-corrected chi connectivity index (χ1v) is 12.8. The fraction of sp³-hybridized carbons (Fsp3) is 0.118. The van der Waals surface area contributed by atoms with E-state index in [1.54, 1.807) is 20.1 Å². The van der Waals surface area contributed by atoms with E-state index in [0.29, 0.717) is 11.4 Å². The van der Waals surface area contributed by atoms with E-state index >= 15 is 0 Å². The average molecular weight is 528 g/mol. The Hall–Kier alpha value is -5.28. The molecule has 198 valence electrons. The molecule has 6 heteroatoms. The lowest BCUT2D eigenvalue weighted by molar-refractivity contribution is -0.138. The average Bonchev–Trinajstić information content (AvgIpc) is 2.99. The molecule has 0 aliphatic carbocycles. The number of methoxy groups -OCH3 is 1. The molecule has 0 N–H and O–H groups in total. The maximum atomic E-state index is 12.9. The number of hydrogen-bond donors (Lipinski definition) is 0. The Bertz CT molecular complexity index is 1570. The molecule has 0 amide bonds. The third-order valence-corrected chi connectivity index (χ3v) is 5.88. The van der Waals surface area contributed by atoms with E-state index in [0.717, 1.165) is 33.6 Å². The lowest BCUT2D eigenvalue weighted by Gasteiger charge is -2.06. The maximum Gasteiger partial charge on any atom is 0.357 e. The van der Waals surface area contributed by atoms with Crippen LogP contribution in [-0.2, 0) is 9.53 Å². The SMILES string of the molecule is CCOC(=O)/C(=C/c1cc(N=C=Nc2ccc(OC)cc2)ccc1C)N=C=C(c1ccccc1)c1ccccc1. The molecule has 0 radical (unpaired) electrons. The van der Waals surface area contributed by atoms with E-state index in [-0.39, 0.29) is 12.3 Å². The van der Waals surface area contributed by atoms with Crippen LogP contribution in [0.2, 0.25) is 0 Å². The van der Waals surface area contributed by atoms with E-state index in [1.165, 1.54) is 0 Å². The van der Waals surface area contributed by atoms with Gasteiger partial charge in [-0.2, -0.15) is 15.0 Å². The van der Waals surface area contributed by atoms with Crippen LogP contribution in [0.5, 0.6) is 5.75 Å². The largest absolute Gasteiger partial charge is 0.497 e. The van der Waals surface area contributed by atoms with Crippen molar-refractivity contribution in [2.75, 3.05) is 13.7 Å². The highest BCUT2D eigenvalue weighted by Crippen LogP contribution is 2.23. The van der Waals surface area contributed by atoms with Gasteiger partial charge in [-0.3, -0.25) is 0 Å².